The molecule has 3 heteroatoms. The van der Waals surface area contributed by atoms with Gasteiger partial charge in [-0.2, -0.15) is 0 Å². The van der Waals surface area contributed by atoms with E-state index < -0.39 is 7.26 Å². The maximum atomic E-state index is 5.33. The summed E-state index contributed by atoms with van der Waals surface area (Å²) in [7, 11) is -0.0547. The topological polar surface area (TPSA) is 9.23 Å². The van der Waals surface area contributed by atoms with Crippen molar-refractivity contribution in [1.82, 2.24) is 0 Å². The van der Waals surface area contributed by atoms with Gasteiger partial charge in [0, 0.05) is 6.42 Å². The van der Waals surface area contributed by atoms with Crippen LogP contribution in [0.25, 0.3) is 0 Å². The fraction of sp³-hybridized carbons (Fsp3) is 0.111. The van der Waals surface area contributed by atoms with E-state index in [0.29, 0.717) is 0 Å². The van der Waals surface area contributed by atoms with E-state index in [1.54, 1.807) is 7.11 Å². The van der Waals surface area contributed by atoms with Crippen LogP contribution in [0.4, 0.5) is 0 Å². The molecule has 0 radical (unpaired) electrons. The van der Waals surface area contributed by atoms with Crippen LogP contribution in [0.15, 0.2) is 115 Å². The number of benzene rings is 4. The second-order valence-corrected chi connectivity index (χ2v) is 10.8. The lowest BCUT2D eigenvalue weighted by Gasteiger charge is -2.27. The van der Waals surface area contributed by atoms with Gasteiger partial charge >= 0.3 is 0 Å². The average Bonchev–Trinajstić information content (AvgIpc) is 2.82. The molecule has 0 saturated carbocycles. The van der Waals surface area contributed by atoms with Gasteiger partial charge in [-0.1, -0.05) is 66.7 Å². The minimum Gasteiger partial charge on any atom is -1.00 e. The van der Waals surface area contributed by atoms with Crippen LogP contribution < -0.4 is 37.6 Å². The van der Waals surface area contributed by atoms with Gasteiger partial charge in [-0.05, 0) is 54.1 Å². The first kappa shape index (κ1) is 22.3. The Hall–Kier alpha value is -2.41. The minimum atomic E-state index is -1.77. The van der Waals surface area contributed by atoms with Crippen molar-refractivity contribution in [3.05, 3.63) is 121 Å². The van der Waals surface area contributed by atoms with Gasteiger partial charge in [0.2, 0.25) is 0 Å². The van der Waals surface area contributed by atoms with Crippen molar-refractivity contribution in [2.45, 2.75) is 6.42 Å². The van der Waals surface area contributed by atoms with E-state index in [2.05, 4.69) is 115 Å². The highest BCUT2D eigenvalue weighted by molar-refractivity contribution is 7.95. The van der Waals surface area contributed by atoms with Crippen LogP contribution in [-0.4, -0.2) is 13.3 Å². The number of rotatable bonds is 7. The Balaban J connectivity index is 0.00000256. The monoisotopic (exact) mass is 476 g/mol. The predicted octanol–water partition coefficient (Wildman–Crippen LogP) is 2.24. The third-order valence-electron chi connectivity index (χ3n) is 5.49. The maximum Gasteiger partial charge on any atom is 0.118 e. The van der Waals surface area contributed by atoms with Gasteiger partial charge in [0.1, 0.15) is 28.9 Å². The smallest absolute Gasteiger partial charge is 0.118 e. The first-order chi connectivity index (χ1) is 14.3. The summed E-state index contributed by atoms with van der Waals surface area (Å²) in [5, 5.41) is 4.31. The van der Waals surface area contributed by atoms with E-state index in [1.165, 1.54) is 21.5 Å². The molecule has 30 heavy (non-hydrogen) atoms. The van der Waals surface area contributed by atoms with Crippen LogP contribution >= 0.6 is 7.26 Å². The number of hydrogen-bond acceptors (Lipinski definition) is 1. The summed E-state index contributed by atoms with van der Waals surface area (Å²) < 4.78 is 5.33. The van der Waals surface area contributed by atoms with Gasteiger partial charge in [-0.15, -0.1) is 0 Å². The summed E-state index contributed by atoms with van der Waals surface area (Å²) in [4.78, 5) is 0. The third-order valence-corrected chi connectivity index (χ3v) is 9.92. The molecule has 0 fully saturated rings. The van der Waals surface area contributed by atoms with Crippen molar-refractivity contribution in [1.29, 1.82) is 0 Å². The van der Waals surface area contributed by atoms with Crippen LogP contribution in [0.3, 0.4) is 0 Å². The van der Waals surface area contributed by atoms with E-state index >= 15 is 0 Å². The predicted molar refractivity (Wildman–Crippen MR) is 127 cm³/mol. The van der Waals surface area contributed by atoms with Crippen LogP contribution in [0.1, 0.15) is 5.56 Å². The number of ether oxygens (including phenoxy) is 1. The second kappa shape index (κ2) is 10.6. The second-order valence-electron chi connectivity index (χ2n) is 7.14. The first-order valence-electron chi connectivity index (χ1n) is 10.0. The highest BCUT2D eigenvalue weighted by Gasteiger charge is 2.44. The molecule has 0 aliphatic heterocycles. The zero-order chi connectivity index (χ0) is 19.9. The molecule has 0 heterocycles. The van der Waals surface area contributed by atoms with Crippen molar-refractivity contribution in [2.24, 2.45) is 0 Å². The summed E-state index contributed by atoms with van der Waals surface area (Å²) in [6, 6.07) is 41.7. The molecule has 0 spiro atoms. The van der Waals surface area contributed by atoms with Crippen LogP contribution in [0.2, 0.25) is 0 Å². The lowest BCUT2D eigenvalue weighted by molar-refractivity contribution is -0.00000595. The van der Waals surface area contributed by atoms with Gasteiger partial charge < -0.3 is 21.7 Å². The zero-order valence-electron chi connectivity index (χ0n) is 17.1. The molecule has 0 bridgehead atoms. The molecule has 0 aliphatic rings. The molecular formula is C27H26BrOP. The quantitative estimate of drug-likeness (QED) is 0.371. The van der Waals surface area contributed by atoms with Gasteiger partial charge in [-0.3, -0.25) is 0 Å². The summed E-state index contributed by atoms with van der Waals surface area (Å²) in [6.07, 6.45) is 2.12. The number of methoxy groups -OCH3 is 1. The van der Waals surface area contributed by atoms with Crippen molar-refractivity contribution in [2.75, 3.05) is 13.3 Å². The van der Waals surface area contributed by atoms with Crippen LogP contribution in [0, 0.1) is 0 Å². The molecule has 152 valence electrons. The Bertz CT molecular complexity index is 922. The Morgan fingerprint density at radius 3 is 1.33 bits per heavy atom. The summed E-state index contributed by atoms with van der Waals surface area (Å²) in [5.41, 5.74) is 1.35. The fourth-order valence-electron chi connectivity index (χ4n) is 3.97. The summed E-state index contributed by atoms with van der Waals surface area (Å²) in [5.74, 6) is 0.906. The highest BCUT2D eigenvalue weighted by Crippen LogP contribution is 2.55. The fourth-order valence-corrected chi connectivity index (χ4v) is 8.28. The number of aryl methyl sites for hydroxylation is 1. The standard InChI is InChI=1S/C27H26OP.BrH/c1-28-24-19-17-23(18-20-24)21-22-29(25-11-5-2-6-12-25,26-13-7-3-8-14-26)27-15-9-4-10-16-27;/h2-20H,21-22H2,1H3;1H/q+1;/p-1. The van der Waals surface area contributed by atoms with E-state index in [4.69, 9.17) is 4.74 Å². The highest BCUT2D eigenvalue weighted by atomic mass is 79.9. The molecule has 4 aromatic rings. The van der Waals surface area contributed by atoms with Gasteiger partial charge in [-0.25, -0.2) is 0 Å². The molecular weight excluding hydrogens is 451 g/mol. The van der Waals surface area contributed by atoms with Gasteiger partial charge in [0.25, 0.3) is 0 Å². The van der Waals surface area contributed by atoms with E-state index in [0.717, 1.165) is 18.3 Å². The molecule has 1 nitrogen and oxygen atoms in total. The SMILES string of the molecule is COc1ccc(CC[P+](c2ccccc2)(c2ccccc2)c2ccccc2)cc1.[Br-]. The molecule has 0 saturated heterocycles. The van der Waals surface area contributed by atoms with Crippen molar-refractivity contribution in [3.63, 3.8) is 0 Å². The van der Waals surface area contributed by atoms with E-state index in [1.807, 2.05) is 0 Å². The molecule has 0 aliphatic carbocycles. The maximum absolute atomic E-state index is 5.33. The molecule has 0 amide bonds. The van der Waals surface area contributed by atoms with Crippen molar-refractivity contribution < 1.29 is 21.7 Å². The van der Waals surface area contributed by atoms with Crippen molar-refractivity contribution >= 4 is 23.2 Å². The lowest BCUT2D eigenvalue weighted by atomic mass is 10.2. The largest absolute Gasteiger partial charge is 1.00 e. The molecule has 0 atom stereocenters. The summed E-state index contributed by atoms with van der Waals surface area (Å²) in [6.45, 7) is 0. The molecule has 4 aromatic carbocycles. The zero-order valence-corrected chi connectivity index (χ0v) is 19.6. The number of hydrogen-bond donors (Lipinski definition) is 0. The Kier molecular flexibility index (Phi) is 7.85. The summed E-state index contributed by atoms with van der Waals surface area (Å²) >= 11 is 0. The van der Waals surface area contributed by atoms with Gasteiger partial charge in [0.15, 0.2) is 0 Å². The van der Waals surface area contributed by atoms with Crippen molar-refractivity contribution in [3.8, 4) is 5.75 Å². The minimum absolute atomic E-state index is 0. The number of halogens is 1. The average molecular weight is 477 g/mol. The Morgan fingerprint density at radius 2 is 0.967 bits per heavy atom. The van der Waals surface area contributed by atoms with E-state index in [9.17, 15) is 0 Å². The first-order valence-corrected chi connectivity index (χ1v) is 12.0. The van der Waals surface area contributed by atoms with Crippen LogP contribution in [0.5, 0.6) is 5.75 Å². The van der Waals surface area contributed by atoms with E-state index in [-0.39, 0.29) is 17.0 Å². The third kappa shape index (κ3) is 4.67. The Morgan fingerprint density at radius 1 is 0.567 bits per heavy atom. The molecule has 0 unspecified atom stereocenters. The van der Waals surface area contributed by atoms with Gasteiger partial charge in [0.05, 0.1) is 13.3 Å². The molecule has 0 N–H and O–H groups in total. The normalized spacial score (nSPS) is 10.8. The molecule has 4 rings (SSSR count). The Labute approximate surface area is 190 Å². The van der Waals surface area contributed by atoms with Crippen LogP contribution in [-0.2, 0) is 6.42 Å². The molecule has 0 aromatic heterocycles. The lowest BCUT2D eigenvalue weighted by Crippen LogP contribution is -3.00.